The number of amides is 2. The maximum Gasteiger partial charge on any atom is 0.319 e. The largest absolute Gasteiger partial charge is 0.494 e. The zero-order valence-corrected chi connectivity index (χ0v) is 14.1. The molecular weight excluding hydrogens is 324 g/mol. The van der Waals surface area contributed by atoms with E-state index in [2.05, 4.69) is 10.6 Å². The van der Waals surface area contributed by atoms with Gasteiger partial charge in [-0.1, -0.05) is 6.07 Å². The maximum atomic E-state index is 11.9. The van der Waals surface area contributed by atoms with E-state index in [1.807, 2.05) is 48.7 Å². The fourth-order valence-corrected chi connectivity index (χ4v) is 2.85. The number of carbonyl (C=O) groups excluding carboxylic acids is 1. The summed E-state index contributed by atoms with van der Waals surface area (Å²) in [6.45, 7) is 2.87. The lowest BCUT2D eigenvalue weighted by Gasteiger charge is -2.08. The van der Waals surface area contributed by atoms with E-state index < -0.39 is 0 Å². The van der Waals surface area contributed by atoms with E-state index in [1.54, 1.807) is 23.5 Å². The molecule has 5 nitrogen and oxygen atoms in total. The number of ether oxygens (including phenoxy) is 1. The SMILES string of the molecule is CCOc1ccc(NC(=O)NCc2ccc(-c3cccs3)o2)cc1. The molecule has 1 aromatic carbocycles. The lowest BCUT2D eigenvalue weighted by Crippen LogP contribution is -2.27. The number of hydrogen-bond acceptors (Lipinski definition) is 4. The normalized spacial score (nSPS) is 10.4. The molecule has 0 saturated carbocycles. The molecule has 0 fully saturated rings. The summed E-state index contributed by atoms with van der Waals surface area (Å²) in [5.41, 5.74) is 0.703. The van der Waals surface area contributed by atoms with E-state index in [9.17, 15) is 4.79 Å². The summed E-state index contributed by atoms with van der Waals surface area (Å²) < 4.78 is 11.1. The topological polar surface area (TPSA) is 63.5 Å². The van der Waals surface area contributed by atoms with Gasteiger partial charge in [0.25, 0.3) is 0 Å². The minimum atomic E-state index is -0.284. The van der Waals surface area contributed by atoms with Crippen LogP contribution in [0.25, 0.3) is 10.6 Å². The third kappa shape index (κ3) is 4.17. The quantitative estimate of drug-likeness (QED) is 0.681. The van der Waals surface area contributed by atoms with Crippen LogP contribution < -0.4 is 15.4 Å². The number of carbonyl (C=O) groups is 1. The summed E-state index contributed by atoms with van der Waals surface area (Å²) in [5.74, 6) is 2.30. The summed E-state index contributed by atoms with van der Waals surface area (Å²) in [6.07, 6.45) is 0. The average Bonchev–Trinajstić information content (AvgIpc) is 3.26. The highest BCUT2D eigenvalue weighted by atomic mass is 32.1. The van der Waals surface area contributed by atoms with E-state index in [-0.39, 0.29) is 6.03 Å². The van der Waals surface area contributed by atoms with Crippen LogP contribution in [0.3, 0.4) is 0 Å². The number of nitrogens with one attached hydrogen (secondary N) is 2. The van der Waals surface area contributed by atoms with Crippen molar-refractivity contribution in [1.29, 1.82) is 0 Å². The third-order valence-corrected chi connectivity index (χ3v) is 4.16. The molecule has 0 aliphatic carbocycles. The fraction of sp³-hybridized carbons (Fsp3) is 0.167. The summed E-state index contributed by atoms with van der Waals surface area (Å²) in [4.78, 5) is 13.0. The van der Waals surface area contributed by atoms with E-state index in [0.717, 1.165) is 16.4 Å². The standard InChI is InChI=1S/C18H18N2O3S/c1-2-22-14-7-5-13(6-8-14)20-18(21)19-12-15-9-10-16(23-15)17-4-3-11-24-17/h3-11H,2,12H2,1H3,(H2,19,20,21). The Bertz CT molecular complexity index is 779. The second-order valence-electron chi connectivity index (χ2n) is 5.01. The van der Waals surface area contributed by atoms with Crippen LogP contribution in [0.1, 0.15) is 12.7 Å². The van der Waals surface area contributed by atoms with Crippen LogP contribution in [-0.4, -0.2) is 12.6 Å². The highest BCUT2D eigenvalue weighted by Gasteiger charge is 2.07. The minimum Gasteiger partial charge on any atom is -0.494 e. The van der Waals surface area contributed by atoms with Crippen LogP contribution in [0.4, 0.5) is 10.5 Å². The van der Waals surface area contributed by atoms with Gasteiger partial charge in [0.05, 0.1) is 18.0 Å². The Morgan fingerprint density at radius 2 is 2.00 bits per heavy atom. The average molecular weight is 342 g/mol. The molecule has 0 atom stereocenters. The summed E-state index contributed by atoms with van der Waals surface area (Å²) in [5, 5.41) is 7.54. The van der Waals surface area contributed by atoms with E-state index in [0.29, 0.717) is 24.6 Å². The van der Waals surface area contributed by atoms with Crippen molar-refractivity contribution in [3.63, 3.8) is 0 Å². The van der Waals surface area contributed by atoms with Gasteiger partial charge >= 0.3 is 6.03 Å². The van der Waals surface area contributed by atoms with E-state index in [4.69, 9.17) is 9.15 Å². The number of anilines is 1. The monoisotopic (exact) mass is 342 g/mol. The molecule has 0 bridgehead atoms. The van der Waals surface area contributed by atoms with Gasteiger partial charge in [-0.05, 0) is 54.8 Å². The van der Waals surface area contributed by atoms with Gasteiger partial charge in [0.1, 0.15) is 17.3 Å². The molecule has 2 amide bonds. The van der Waals surface area contributed by atoms with Crippen molar-refractivity contribution in [2.45, 2.75) is 13.5 Å². The lowest BCUT2D eigenvalue weighted by molar-refractivity contribution is 0.251. The van der Waals surface area contributed by atoms with Crippen molar-refractivity contribution >= 4 is 23.1 Å². The Kier molecular flexibility index (Phi) is 5.18. The van der Waals surface area contributed by atoms with Crippen LogP contribution >= 0.6 is 11.3 Å². The molecule has 6 heteroatoms. The molecule has 0 radical (unpaired) electrons. The second kappa shape index (κ2) is 7.70. The van der Waals surface area contributed by atoms with Gasteiger partial charge < -0.3 is 19.8 Å². The zero-order chi connectivity index (χ0) is 16.8. The molecule has 0 unspecified atom stereocenters. The van der Waals surface area contributed by atoms with Crippen molar-refractivity contribution in [2.24, 2.45) is 0 Å². The minimum absolute atomic E-state index is 0.284. The summed E-state index contributed by atoms with van der Waals surface area (Å²) >= 11 is 1.62. The smallest absolute Gasteiger partial charge is 0.319 e. The summed E-state index contributed by atoms with van der Waals surface area (Å²) in [6, 6.07) is 14.7. The van der Waals surface area contributed by atoms with Crippen molar-refractivity contribution in [1.82, 2.24) is 5.32 Å². The molecule has 3 aromatic rings. The van der Waals surface area contributed by atoms with Gasteiger partial charge in [0.15, 0.2) is 0 Å². The highest BCUT2D eigenvalue weighted by Crippen LogP contribution is 2.26. The molecule has 2 N–H and O–H groups in total. The Morgan fingerprint density at radius 3 is 2.71 bits per heavy atom. The first-order valence-corrected chi connectivity index (χ1v) is 8.53. The highest BCUT2D eigenvalue weighted by molar-refractivity contribution is 7.13. The number of hydrogen-bond donors (Lipinski definition) is 2. The Morgan fingerprint density at radius 1 is 1.17 bits per heavy atom. The molecule has 2 heterocycles. The van der Waals surface area contributed by atoms with Gasteiger partial charge in [0.2, 0.25) is 0 Å². The van der Waals surface area contributed by atoms with Gasteiger partial charge in [0, 0.05) is 5.69 Å². The number of rotatable bonds is 6. The Balaban J connectivity index is 1.50. The molecule has 3 rings (SSSR count). The molecule has 0 aliphatic rings. The Labute approximate surface area is 144 Å². The Hall–Kier alpha value is -2.73. The molecule has 0 saturated heterocycles. The van der Waals surface area contributed by atoms with Crippen LogP contribution in [0.15, 0.2) is 58.3 Å². The molecule has 0 aliphatic heterocycles. The van der Waals surface area contributed by atoms with Gasteiger partial charge in [-0.15, -0.1) is 11.3 Å². The molecule has 0 spiro atoms. The van der Waals surface area contributed by atoms with E-state index in [1.165, 1.54) is 0 Å². The first-order chi connectivity index (χ1) is 11.7. The predicted molar refractivity (Wildman–Crippen MR) is 95.5 cm³/mol. The first-order valence-electron chi connectivity index (χ1n) is 7.65. The van der Waals surface area contributed by atoms with Crippen molar-refractivity contribution in [3.8, 4) is 16.4 Å². The molecular formula is C18H18N2O3S. The van der Waals surface area contributed by atoms with E-state index >= 15 is 0 Å². The first kappa shape index (κ1) is 16.1. The number of thiophene rings is 1. The number of furan rings is 1. The molecule has 2 aromatic heterocycles. The number of urea groups is 1. The molecule has 124 valence electrons. The van der Waals surface area contributed by atoms with Crippen molar-refractivity contribution in [2.75, 3.05) is 11.9 Å². The second-order valence-corrected chi connectivity index (χ2v) is 5.96. The fourth-order valence-electron chi connectivity index (χ4n) is 2.17. The van der Waals surface area contributed by atoms with Crippen LogP contribution in [-0.2, 0) is 6.54 Å². The number of benzene rings is 1. The van der Waals surface area contributed by atoms with Gasteiger partial charge in [-0.2, -0.15) is 0 Å². The van der Waals surface area contributed by atoms with Crippen molar-refractivity contribution in [3.05, 3.63) is 59.7 Å². The third-order valence-electron chi connectivity index (χ3n) is 3.27. The van der Waals surface area contributed by atoms with Crippen LogP contribution in [0.5, 0.6) is 5.75 Å². The zero-order valence-electron chi connectivity index (χ0n) is 13.2. The maximum absolute atomic E-state index is 11.9. The van der Waals surface area contributed by atoms with Crippen molar-refractivity contribution < 1.29 is 13.9 Å². The van der Waals surface area contributed by atoms with Gasteiger partial charge in [-0.25, -0.2) is 4.79 Å². The van der Waals surface area contributed by atoms with Crippen LogP contribution in [0.2, 0.25) is 0 Å². The summed E-state index contributed by atoms with van der Waals surface area (Å²) in [7, 11) is 0. The molecule has 24 heavy (non-hydrogen) atoms. The predicted octanol–water partition coefficient (Wildman–Crippen LogP) is 4.73. The van der Waals surface area contributed by atoms with Gasteiger partial charge in [-0.3, -0.25) is 0 Å². The lowest BCUT2D eigenvalue weighted by atomic mass is 10.3. The van der Waals surface area contributed by atoms with Crippen LogP contribution in [0, 0.1) is 0 Å².